The van der Waals surface area contributed by atoms with E-state index in [-0.39, 0.29) is 17.3 Å². The number of carbonyl (C=O) groups excluding carboxylic acids is 1. The van der Waals surface area contributed by atoms with Gasteiger partial charge in [-0.1, -0.05) is 23.7 Å². The van der Waals surface area contributed by atoms with Gasteiger partial charge in [0.2, 0.25) is 15.9 Å². The maximum Gasteiger partial charge on any atom is 0.243 e. The molecule has 0 saturated carbocycles. The van der Waals surface area contributed by atoms with Crippen LogP contribution < -0.4 is 10.1 Å². The fourth-order valence-electron chi connectivity index (χ4n) is 3.50. The molecule has 0 aromatic heterocycles. The number of sulfonamides is 1. The van der Waals surface area contributed by atoms with E-state index in [1.165, 1.54) is 22.5 Å². The van der Waals surface area contributed by atoms with Crippen molar-refractivity contribution in [2.75, 3.05) is 38.6 Å². The van der Waals surface area contributed by atoms with Crippen LogP contribution in [0.15, 0.2) is 47.4 Å². The van der Waals surface area contributed by atoms with Crippen LogP contribution in [0.5, 0.6) is 5.75 Å². The second-order valence-corrected chi connectivity index (χ2v) is 9.90. The molecular weight excluding hydrogens is 438 g/mol. The third-order valence-corrected chi connectivity index (χ3v) is 7.24. The predicted octanol–water partition coefficient (Wildman–Crippen LogP) is 3.59. The highest BCUT2D eigenvalue weighted by Crippen LogP contribution is 2.28. The third kappa shape index (κ3) is 6.20. The van der Waals surface area contributed by atoms with Crippen molar-refractivity contribution < 1.29 is 17.9 Å². The minimum atomic E-state index is -3.58. The Balaban J connectivity index is 1.61. The van der Waals surface area contributed by atoms with Gasteiger partial charge in [-0.15, -0.1) is 0 Å². The third-order valence-electron chi connectivity index (χ3n) is 5.02. The van der Waals surface area contributed by atoms with Crippen LogP contribution in [-0.2, 0) is 21.4 Å². The second kappa shape index (κ2) is 10.5. The molecule has 2 aromatic rings. The molecular formula is C22H28ClN3O4S. The van der Waals surface area contributed by atoms with Crippen LogP contribution >= 0.6 is 11.6 Å². The van der Waals surface area contributed by atoms with Gasteiger partial charge in [0.05, 0.1) is 28.8 Å². The van der Waals surface area contributed by atoms with Gasteiger partial charge in [0.15, 0.2) is 0 Å². The lowest BCUT2D eigenvalue weighted by atomic mass is 10.2. The number of halogens is 1. The van der Waals surface area contributed by atoms with Gasteiger partial charge in [0.1, 0.15) is 5.75 Å². The van der Waals surface area contributed by atoms with Gasteiger partial charge in [-0.2, -0.15) is 4.31 Å². The van der Waals surface area contributed by atoms with E-state index in [9.17, 15) is 13.2 Å². The van der Waals surface area contributed by atoms with Crippen LogP contribution in [0.2, 0.25) is 5.02 Å². The summed E-state index contributed by atoms with van der Waals surface area (Å²) in [6.07, 6.45) is 1.72. The first-order valence-corrected chi connectivity index (χ1v) is 12.1. The average Bonchev–Trinajstić information content (AvgIpc) is 3.27. The SMILES string of the molecule is CCOc1ccc(CN(C)CC(=O)Nc2cc(S(=O)(=O)N3CCCC3)ccc2Cl)cc1. The standard InChI is InChI=1S/C22H28ClN3O4S/c1-3-30-18-8-6-17(7-9-18)15-25(2)16-22(27)24-21-14-19(10-11-20(21)23)31(28,29)26-12-4-5-13-26/h6-11,14H,3-5,12-13,15-16H2,1-2H3,(H,24,27). The number of anilines is 1. The topological polar surface area (TPSA) is 79.0 Å². The van der Waals surface area contributed by atoms with Crippen LogP contribution in [0.25, 0.3) is 0 Å². The quantitative estimate of drug-likeness (QED) is 0.612. The highest BCUT2D eigenvalue weighted by Gasteiger charge is 2.27. The van der Waals surface area contributed by atoms with Crippen molar-refractivity contribution in [3.05, 3.63) is 53.1 Å². The molecule has 0 bridgehead atoms. The molecule has 9 heteroatoms. The van der Waals surface area contributed by atoms with E-state index in [1.54, 1.807) is 0 Å². The molecule has 7 nitrogen and oxygen atoms in total. The lowest BCUT2D eigenvalue weighted by Crippen LogP contribution is -2.30. The minimum absolute atomic E-state index is 0.132. The van der Waals surface area contributed by atoms with Gasteiger partial charge < -0.3 is 10.1 Å². The summed E-state index contributed by atoms with van der Waals surface area (Å²) in [5, 5.41) is 3.03. The van der Waals surface area contributed by atoms with Crippen molar-refractivity contribution in [1.82, 2.24) is 9.21 Å². The fraction of sp³-hybridized carbons (Fsp3) is 0.409. The molecule has 1 fully saturated rings. The predicted molar refractivity (Wildman–Crippen MR) is 122 cm³/mol. The van der Waals surface area contributed by atoms with E-state index in [2.05, 4.69) is 5.32 Å². The molecule has 31 heavy (non-hydrogen) atoms. The van der Waals surface area contributed by atoms with Gasteiger partial charge >= 0.3 is 0 Å². The van der Waals surface area contributed by atoms with Crippen LogP contribution in [0.1, 0.15) is 25.3 Å². The maximum absolute atomic E-state index is 12.8. The molecule has 0 spiro atoms. The van der Waals surface area contributed by atoms with Crippen LogP contribution in [-0.4, -0.2) is 56.8 Å². The Labute approximate surface area is 189 Å². The van der Waals surface area contributed by atoms with Gasteiger partial charge in [-0.25, -0.2) is 8.42 Å². The maximum atomic E-state index is 12.8. The van der Waals surface area contributed by atoms with E-state index >= 15 is 0 Å². The summed E-state index contributed by atoms with van der Waals surface area (Å²) < 4.78 is 32.5. The van der Waals surface area contributed by atoms with Crippen molar-refractivity contribution in [2.24, 2.45) is 0 Å². The molecule has 1 aliphatic heterocycles. The average molecular weight is 466 g/mol. The lowest BCUT2D eigenvalue weighted by molar-refractivity contribution is -0.117. The Hall–Kier alpha value is -2.13. The number of hydrogen-bond acceptors (Lipinski definition) is 5. The normalized spacial score (nSPS) is 14.7. The summed E-state index contributed by atoms with van der Waals surface area (Å²) in [4.78, 5) is 14.5. The van der Waals surface area contributed by atoms with Crippen LogP contribution in [0.3, 0.4) is 0 Å². The zero-order valence-electron chi connectivity index (χ0n) is 17.8. The van der Waals surface area contributed by atoms with Crippen molar-refractivity contribution >= 4 is 33.2 Å². The Morgan fingerprint density at radius 1 is 1.16 bits per heavy atom. The number of hydrogen-bond donors (Lipinski definition) is 1. The number of benzene rings is 2. The Morgan fingerprint density at radius 3 is 2.48 bits per heavy atom. The number of rotatable bonds is 9. The van der Waals surface area contributed by atoms with Gasteiger partial charge in [-0.3, -0.25) is 9.69 Å². The summed E-state index contributed by atoms with van der Waals surface area (Å²) in [5.74, 6) is 0.538. The number of carbonyl (C=O) groups is 1. The van der Waals surface area contributed by atoms with E-state index in [4.69, 9.17) is 16.3 Å². The van der Waals surface area contributed by atoms with Crippen molar-refractivity contribution in [2.45, 2.75) is 31.2 Å². The largest absolute Gasteiger partial charge is 0.494 e. The molecule has 168 valence electrons. The second-order valence-electron chi connectivity index (χ2n) is 7.55. The molecule has 0 radical (unpaired) electrons. The zero-order valence-corrected chi connectivity index (χ0v) is 19.4. The van der Waals surface area contributed by atoms with E-state index < -0.39 is 10.0 Å². The van der Waals surface area contributed by atoms with Crippen LogP contribution in [0, 0.1) is 0 Å². The summed E-state index contributed by atoms with van der Waals surface area (Å²) in [5.41, 5.74) is 1.34. The molecule has 3 rings (SSSR count). The molecule has 1 heterocycles. The minimum Gasteiger partial charge on any atom is -0.494 e. The summed E-state index contributed by atoms with van der Waals surface area (Å²) >= 11 is 6.21. The number of ether oxygens (including phenoxy) is 1. The smallest absolute Gasteiger partial charge is 0.243 e. The van der Waals surface area contributed by atoms with E-state index in [0.29, 0.717) is 37.0 Å². The van der Waals surface area contributed by atoms with E-state index in [1.807, 2.05) is 43.1 Å². The Morgan fingerprint density at radius 2 is 1.84 bits per heavy atom. The lowest BCUT2D eigenvalue weighted by Gasteiger charge is -2.18. The van der Waals surface area contributed by atoms with Gasteiger partial charge in [-0.05, 0) is 62.7 Å². The number of nitrogens with zero attached hydrogens (tertiary/aromatic N) is 2. The molecule has 1 amide bonds. The summed E-state index contributed by atoms with van der Waals surface area (Å²) in [6.45, 7) is 4.29. The van der Waals surface area contributed by atoms with Crippen molar-refractivity contribution in [3.8, 4) is 5.75 Å². The molecule has 1 saturated heterocycles. The molecule has 1 aliphatic rings. The highest BCUT2D eigenvalue weighted by atomic mass is 35.5. The number of nitrogens with one attached hydrogen (secondary N) is 1. The van der Waals surface area contributed by atoms with Crippen molar-refractivity contribution in [1.29, 1.82) is 0 Å². The molecule has 0 aliphatic carbocycles. The van der Waals surface area contributed by atoms with Gasteiger partial charge in [0.25, 0.3) is 0 Å². The zero-order chi connectivity index (χ0) is 22.4. The molecule has 0 unspecified atom stereocenters. The Bertz CT molecular complexity index is 1010. The summed E-state index contributed by atoms with van der Waals surface area (Å²) in [6, 6.07) is 12.1. The van der Waals surface area contributed by atoms with Gasteiger partial charge in [0, 0.05) is 19.6 Å². The monoisotopic (exact) mass is 465 g/mol. The van der Waals surface area contributed by atoms with E-state index in [0.717, 1.165) is 24.2 Å². The molecule has 2 aromatic carbocycles. The fourth-order valence-corrected chi connectivity index (χ4v) is 5.21. The number of amides is 1. The molecule has 1 N–H and O–H groups in total. The van der Waals surface area contributed by atoms with Crippen LogP contribution in [0.4, 0.5) is 5.69 Å². The first-order chi connectivity index (χ1) is 14.8. The Kier molecular flexibility index (Phi) is 7.94. The molecule has 0 atom stereocenters. The first-order valence-electron chi connectivity index (χ1n) is 10.3. The van der Waals surface area contributed by atoms with Crippen molar-refractivity contribution in [3.63, 3.8) is 0 Å². The summed E-state index contributed by atoms with van der Waals surface area (Å²) in [7, 11) is -1.74. The first kappa shape index (κ1) is 23.5. The number of likely N-dealkylation sites (N-methyl/N-ethyl adjacent to an activating group) is 1. The highest BCUT2D eigenvalue weighted by molar-refractivity contribution is 7.89.